The summed E-state index contributed by atoms with van der Waals surface area (Å²) < 4.78 is 33.9. The van der Waals surface area contributed by atoms with Crippen LogP contribution in [0.4, 0.5) is 14.5 Å². The molecule has 1 saturated heterocycles. The number of ketones is 1. The van der Waals surface area contributed by atoms with Gasteiger partial charge >= 0.3 is 6.61 Å². The van der Waals surface area contributed by atoms with Crippen molar-refractivity contribution < 1.29 is 23.0 Å². The maximum Gasteiger partial charge on any atom is 0.387 e. The molecule has 1 fully saturated rings. The van der Waals surface area contributed by atoms with Gasteiger partial charge in [0.05, 0.1) is 13.2 Å². The number of ether oxygens (including phenoxy) is 2. The fourth-order valence-corrected chi connectivity index (χ4v) is 2.71. The van der Waals surface area contributed by atoms with Crippen molar-refractivity contribution in [2.75, 3.05) is 31.2 Å². The Morgan fingerprint density at radius 2 is 1.85 bits per heavy atom. The Morgan fingerprint density at radius 1 is 1.12 bits per heavy atom. The zero-order valence-electron chi connectivity index (χ0n) is 14.1. The van der Waals surface area contributed by atoms with Crippen LogP contribution in [0.2, 0.25) is 0 Å². The van der Waals surface area contributed by atoms with Crippen LogP contribution in [-0.2, 0) is 4.74 Å². The van der Waals surface area contributed by atoms with Gasteiger partial charge in [0.2, 0.25) is 0 Å². The van der Waals surface area contributed by atoms with Gasteiger partial charge in [0.1, 0.15) is 5.75 Å². The number of nitrogens with zero attached hydrogens (tertiary/aromatic N) is 1. The van der Waals surface area contributed by atoms with Crippen molar-refractivity contribution in [2.45, 2.75) is 6.61 Å². The number of carbonyl (C=O) groups excluding carboxylic acids is 1. The summed E-state index contributed by atoms with van der Waals surface area (Å²) in [6, 6.07) is 13.6. The molecule has 6 heteroatoms. The normalized spacial score (nSPS) is 14.8. The molecule has 3 rings (SSSR count). The molecule has 1 aliphatic rings. The van der Waals surface area contributed by atoms with Gasteiger partial charge in [0.15, 0.2) is 5.78 Å². The average molecular weight is 359 g/mol. The second-order valence-electron chi connectivity index (χ2n) is 5.79. The van der Waals surface area contributed by atoms with Crippen LogP contribution in [0.3, 0.4) is 0 Å². The Morgan fingerprint density at radius 3 is 2.54 bits per heavy atom. The molecule has 0 unspecified atom stereocenters. The Labute approximate surface area is 150 Å². The topological polar surface area (TPSA) is 38.8 Å². The van der Waals surface area contributed by atoms with Gasteiger partial charge in [-0.25, -0.2) is 0 Å². The van der Waals surface area contributed by atoms with E-state index in [1.165, 1.54) is 18.2 Å². The highest BCUT2D eigenvalue weighted by Gasteiger charge is 2.12. The molecule has 0 bridgehead atoms. The summed E-state index contributed by atoms with van der Waals surface area (Å²) in [5.74, 6) is -0.0327. The van der Waals surface area contributed by atoms with Crippen LogP contribution in [0.5, 0.6) is 5.75 Å². The Bertz CT molecular complexity index is 769. The molecule has 2 aromatic rings. The van der Waals surface area contributed by atoms with E-state index < -0.39 is 6.61 Å². The molecular weight excluding hydrogens is 340 g/mol. The van der Waals surface area contributed by atoms with Crippen LogP contribution in [0.25, 0.3) is 6.08 Å². The fourth-order valence-electron chi connectivity index (χ4n) is 2.71. The summed E-state index contributed by atoms with van der Waals surface area (Å²) in [6.07, 6.45) is 3.12. The molecule has 0 atom stereocenters. The third-order valence-electron chi connectivity index (χ3n) is 4.04. The molecule has 0 N–H and O–H groups in total. The van der Waals surface area contributed by atoms with Gasteiger partial charge in [-0.05, 0) is 35.9 Å². The molecule has 0 radical (unpaired) electrons. The fraction of sp³-hybridized carbons (Fsp3) is 0.250. The van der Waals surface area contributed by atoms with Gasteiger partial charge < -0.3 is 14.4 Å². The molecule has 0 aliphatic carbocycles. The van der Waals surface area contributed by atoms with E-state index in [1.54, 1.807) is 24.3 Å². The maximum absolute atomic E-state index is 12.4. The lowest BCUT2D eigenvalue weighted by molar-refractivity contribution is -0.0498. The standard InChI is InChI=1S/C20H19F2NO3/c21-20(22)26-18-7-4-15(5-8-18)6-9-19(24)16-2-1-3-17(14-16)23-10-12-25-13-11-23/h1-9,14,20H,10-13H2/b9-6+. The van der Waals surface area contributed by atoms with Crippen LogP contribution in [0, 0.1) is 0 Å². The third kappa shape index (κ3) is 4.89. The summed E-state index contributed by atoms with van der Waals surface area (Å²) in [7, 11) is 0. The van der Waals surface area contributed by atoms with Crippen molar-refractivity contribution >= 4 is 17.5 Å². The van der Waals surface area contributed by atoms with E-state index in [2.05, 4.69) is 9.64 Å². The monoisotopic (exact) mass is 359 g/mol. The molecule has 0 saturated carbocycles. The summed E-state index contributed by atoms with van der Waals surface area (Å²) in [5.41, 5.74) is 2.33. The molecule has 2 aromatic carbocycles. The van der Waals surface area contributed by atoms with Crippen LogP contribution >= 0.6 is 0 Å². The second kappa shape index (κ2) is 8.58. The number of anilines is 1. The molecule has 0 spiro atoms. The van der Waals surface area contributed by atoms with E-state index in [0.29, 0.717) is 18.8 Å². The van der Waals surface area contributed by atoms with Crippen LogP contribution in [-0.4, -0.2) is 38.7 Å². The first-order valence-electron chi connectivity index (χ1n) is 8.32. The lowest BCUT2D eigenvalue weighted by Crippen LogP contribution is -2.36. The number of benzene rings is 2. The molecular formula is C20H19F2NO3. The molecule has 0 amide bonds. The summed E-state index contributed by atoms with van der Waals surface area (Å²) in [4.78, 5) is 14.6. The van der Waals surface area contributed by atoms with Crippen LogP contribution in [0.15, 0.2) is 54.6 Å². The van der Waals surface area contributed by atoms with Gasteiger partial charge in [-0.1, -0.05) is 30.3 Å². The van der Waals surface area contributed by atoms with Crippen LogP contribution < -0.4 is 9.64 Å². The highest BCUT2D eigenvalue weighted by atomic mass is 19.3. The smallest absolute Gasteiger partial charge is 0.387 e. The van der Waals surface area contributed by atoms with Gasteiger partial charge in [-0.2, -0.15) is 8.78 Å². The number of hydrogen-bond acceptors (Lipinski definition) is 4. The Kier molecular flexibility index (Phi) is 5.96. The third-order valence-corrected chi connectivity index (χ3v) is 4.04. The van der Waals surface area contributed by atoms with Crippen molar-refractivity contribution in [3.63, 3.8) is 0 Å². The lowest BCUT2D eigenvalue weighted by Gasteiger charge is -2.29. The molecule has 4 nitrogen and oxygen atoms in total. The molecule has 136 valence electrons. The summed E-state index contributed by atoms with van der Waals surface area (Å²) in [5, 5.41) is 0. The average Bonchev–Trinajstić information content (AvgIpc) is 2.67. The summed E-state index contributed by atoms with van der Waals surface area (Å²) in [6.45, 7) is 0.130. The quantitative estimate of drug-likeness (QED) is 0.577. The van der Waals surface area contributed by atoms with E-state index in [4.69, 9.17) is 4.74 Å². The summed E-state index contributed by atoms with van der Waals surface area (Å²) >= 11 is 0. The van der Waals surface area contributed by atoms with E-state index in [-0.39, 0.29) is 11.5 Å². The lowest BCUT2D eigenvalue weighted by atomic mass is 10.1. The number of allylic oxidation sites excluding steroid dienone is 1. The Balaban J connectivity index is 1.66. The van der Waals surface area contributed by atoms with E-state index >= 15 is 0 Å². The minimum atomic E-state index is -2.85. The minimum Gasteiger partial charge on any atom is -0.435 e. The maximum atomic E-state index is 12.4. The number of rotatable bonds is 6. The largest absolute Gasteiger partial charge is 0.435 e. The first-order chi connectivity index (χ1) is 12.6. The number of carbonyl (C=O) groups is 1. The van der Waals surface area contributed by atoms with Crippen molar-refractivity contribution in [2.24, 2.45) is 0 Å². The predicted octanol–water partition coefficient (Wildman–Crippen LogP) is 4.02. The SMILES string of the molecule is O=C(/C=C/c1ccc(OC(F)F)cc1)c1cccc(N2CCOCC2)c1. The van der Waals surface area contributed by atoms with E-state index in [0.717, 1.165) is 24.3 Å². The van der Waals surface area contributed by atoms with E-state index in [1.807, 2.05) is 18.2 Å². The molecule has 0 aromatic heterocycles. The highest BCUT2D eigenvalue weighted by molar-refractivity contribution is 6.07. The number of alkyl halides is 2. The van der Waals surface area contributed by atoms with Crippen molar-refractivity contribution in [3.05, 3.63) is 65.7 Å². The number of halogens is 2. The van der Waals surface area contributed by atoms with Gasteiger partial charge in [0.25, 0.3) is 0 Å². The Hall–Kier alpha value is -2.73. The number of hydrogen-bond donors (Lipinski definition) is 0. The first-order valence-corrected chi connectivity index (χ1v) is 8.32. The van der Waals surface area contributed by atoms with Crippen molar-refractivity contribution in [3.8, 4) is 5.75 Å². The first kappa shape index (κ1) is 18.1. The zero-order valence-corrected chi connectivity index (χ0v) is 14.1. The molecule has 26 heavy (non-hydrogen) atoms. The van der Waals surface area contributed by atoms with Gasteiger partial charge in [-0.15, -0.1) is 0 Å². The van der Waals surface area contributed by atoms with Gasteiger partial charge in [-0.3, -0.25) is 4.79 Å². The molecule has 1 aliphatic heterocycles. The van der Waals surface area contributed by atoms with Crippen molar-refractivity contribution in [1.29, 1.82) is 0 Å². The number of morpholine rings is 1. The molecule has 1 heterocycles. The zero-order chi connectivity index (χ0) is 18.4. The van der Waals surface area contributed by atoms with Crippen molar-refractivity contribution in [1.82, 2.24) is 0 Å². The second-order valence-corrected chi connectivity index (χ2v) is 5.79. The van der Waals surface area contributed by atoms with Gasteiger partial charge in [0, 0.05) is 24.3 Å². The van der Waals surface area contributed by atoms with Crippen LogP contribution in [0.1, 0.15) is 15.9 Å². The predicted molar refractivity (Wildman–Crippen MR) is 95.9 cm³/mol. The van der Waals surface area contributed by atoms with E-state index in [9.17, 15) is 13.6 Å². The highest BCUT2D eigenvalue weighted by Crippen LogP contribution is 2.19. The minimum absolute atomic E-state index is 0.0849.